The quantitative estimate of drug-likeness (QED) is 0.242. The molecule has 0 nitrogen and oxygen atoms in total. The second-order valence-electron chi connectivity index (χ2n) is 9.01. The highest BCUT2D eigenvalue weighted by Crippen LogP contribution is 2.44. The van der Waals surface area contributed by atoms with E-state index in [0.29, 0.717) is 0 Å². The number of hydrogen-bond acceptors (Lipinski definition) is 0. The van der Waals surface area contributed by atoms with Crippen molar-refractivity contribution in [1.29, 1.82) is 0 Å². The molecular weight excluding hydrogens is 372 g/mol. The number of benzene rings is 6. The summed E-state index contributed by atoms with van der Waals surface area (Å²) in [6.07, 6.45) is 0. The summed E-state index contributed by atoms with van der Waals surface area (Å²) in [6.45, 7) is 2.21. The molecule has 0 unspecified atom stereocenters. The highest BCUT2D eigenvalue weighted by atomic mass is 14.2. The maximum Gasteiger partial charge on any atom is -0.00237 e. The van der Waals surface area contributed by atoms with Gasteiger partial charge in [0, 0.05) is 0 Å². The lowest BCUT2D eigenvalue weighted by Gasteiger charge is -2.02. The summed E-state index contributed by atoms with van der Waals surface area (Å²) < 4.78 is 0. The summed E-state index contributed by atoms with van der Waals surface area (Å²) in [6, 6.07) is 34.3. The van der Waals surface area contributed by atoms with E-state index in [2.05, 4.69) is 97.9 Å². The third-order valence-corrected chi connectivity index (χ3v) is 7.44. The Kier molecular flexibility index (Phi) is 2.68. The molecule has 0 bridgehead atoms. The van der Waals surface area contributed by atoms with Crippen molar-refractivity contribution in [3.05, 3.63) is 96.6 Å². The fraction of sp³-hybridized carbons (Fsp3) is 0.0323. The lowest BCUT2D eigenvalue weighted by Crippen LogP contribution is -1.77. The number of hydrogen-bond donors (Lipinski definition) is 0. The maximum absolute atomic E-state index is 2.41. The van der Waals surface area contributed by atoms with E-state index in [1.54, 1.807) is 0 Å². The highest BCUT2D eigenvalue weighted by Gasteiger charge is 2.16. The van der Waals surface area contributed by atoms with Crippen LogP contribution in [0.3, 0.4) is 0 Å². The van der Waals surface area contributed by atoms with Crippen LogP contribution in [0, 0.1) is 6.92 Å². The van der Waals surface area contributed by atoms with Crippen LogP contribution < -0.4 is 0 Å². The first-order chi connectivity index (χ1) is 15.3. The van der Waals surface area contributed by atoms with Crippen molar-refractivity contribution < 1.29 is 0 Å². The summed E-state index contributed by atoms with van der Waals surface area (Å²) in [5, 5.41) is 19.1. The third-order valence-electron chi connectivity index (χ3n) is 7.44. The van der Waals surface area contributed by atoms with E-state index in [1.807, 2.05) is 0 Å². The Labute approximate surface area is 179 Å². The minimum atomic E-state index is 1.32. The van der Waals surface area contributed by atoms with E-state index in [1.165, 1.54) is 81.0 Å². The van der Waals surface area contributed by atoms with Gasteiger partial charge in [-0.15, -0.1) is 0 Å². The normalized spacial score (nSPS) is 12.7. The molecule has 0 radical (unpaired) electrons. The molecule has 142 valence electrons. The molecule has 0 spiro atoms. The summed E-state index contributed by atoms with van der Waals surface area (Å²) in [5.74, 6) is 0. The van der Waals surface area contributed by atoms with E-state index < -0.39 is 0 Å². The monoisotopic (exact) mass is 390 g/mol. The van der Waals surface area contributed by atoms with Gasteiger partial charge >= 0.3 is 0 Å². The predicted octanol–water partition coefficient (Wildman–Crippen LogP) is 8.94. The first kappa shape index (κ1) is 15.9. The van der Waals surface area contributed by atoms with Crippen LogP contribution in [-0.4, -0.2) is 0 Å². The van der Waals surface area contributed by atoms with Crippen LogP contribution in [0.15, 0.2) is 91.0 Å². The van der Waals surface area contributed by atoms with Crippen LogP contribution in [0.4, 0.5) is 0 Å². The second kappa shape index (κ2) is 5.22. The average Bonchev–Trinajstić information content (AvgIpc) is 3.29. The van der Waals surface area contributed by atoms with Crippen molar-refractivity contribution in [1.82, 2.24) is 0 Å². The zero-order valence-corrected chi connectivity index (χ0v) is 17.2. The number of rotatable bonds is 0. The largest absolute Gasteiger partial charge is 0.0610 e. The van der Waals surface area contributed by atoms with E-state index >= 15 is 0 Å². The molecule has 0 aliphatic rings. The molecule has 8 aromatic carbocycles. The predicted molar refractivity (Wildman–Crippen MR) is 136 cm³/mol. The SMILES string of the molecule is Cc1ccc2c3cc4cc5c(cc4cc3c3cccc1c32)c1cccc2cccc5c21. The van der Waals surface area contributed by atoms with Gasteiger partial charge in [0.15, 0.2) is 0 Å². The maximum atomic E-state index is 2.41. The Bertz CT molecular complexity index is 1880. The van der Waals surface area contributed by atoms with Gasteiger partial charge in [-0.3, -0.25) is 0 Å². The Hall–Kier alpha value is -3.90. The van der Waals surface area contributed by atoms with Gasteiger partial charge in [-0.2, -0.15) is 0 Å². The lowest BCUT2D eigenvalue weighted by atomic mass is 10.0. The fourth-order valence-corrected chi connectivity index (χ4v) is 6.03. The van der Waals surface area contributed by atoms with E-state index in [9.17, 15) is 0 Å². The highest BCUT2D eigenvalue weighted by molar-refractivity contribution is 6.34. The molecule has 8 rings (SSSR count). The molecule has 0 saturated carbocycles. The molecule has 0 aromatic heterocycles. The molecule has 8 aromatic rings. The Morgan fingerprint density at radius 2 is 0.806 bits per heavy atom. The van der Waals surface area contributed by atoms with Crippen molar-refractivity contribution >= 4 is 75.4 Å². The first-order valence-corrected chi connectivity index (χ1v) is 11.0. The first-order valence-electron chi connectivity index (χ1n) is 11.0. The minimum Gasteiger partial charge on any atom is -0.0610 e. The zero-order valence-electron chi connectivity index (χ0n) is 17.2. The van der Waals surface area contributed by atoms with E-state index in [4.69, 9.17) is 0 Å². The van der Waals surface area contributed by atoms with Gasteiger partial charge in [0.2, 0.25) is 0 Å². The van der Waals surface area contributed by atoms with Crippen LogP contribution in [-0.2, 0) is 0 Å². The van der Waals surface area contributed by atoms with Gasteiger partial charge < -0.3 is 0 Å². The van der Waals surface area contributed by atoms with Crippen LogP contribution in [0.2, 0.25) is 0 Å². The molecule has 0 heteroatoms. The molecule has 0 saturated heterocycles. The van der Waals surface area contributed by atoms with E-state index in [0.717, 1.165) is 0 Å². The van der Waals surface area contributed by atoms with Gasteiger partial charge in [-0.1, -0.05) is 66.7 Å². The van der Waals surface area contributed by atoms with Crippen molar-refractivity contribution in [2.45, 2.75) is 6.92 Å². The van der Waals surface area contributed by atoms with Gasteiger partial charge in [0.05, 0.1) is 0 Å². The van der Waals surface area contributed by atoms with Crippen LogP contribution in [0.1, 0.15) is 5.56 Å². The molecule has 0 atom stereocenters. The summed E-state index contributed by atoms with van der Waals surface area (Å²) in [7, 11) is 0. The van der Waals surface area contributed by atoms with Crippen LogP contribution in [0.25, 0.3) is 75.4 Å². The van der Waals surface area contributed by atoms with Crippen molar-refractivity contribution in [2.24, 2.45) is 0 Å². The molecule has 0 aliphatic carbocycles. The second-order valence-corrected chi connectivity index (χ2v) is 9.01. The minimum absolute atomic E-state index is 1.32. The average molecular weight is 390 g/mol. The third kappa shape index (κ3) is 1.83. The molecule has 0 amide bonds. The fourth-order valence-electron chi connectivity index (χ4n) is 6.03. The number of fused-ring (bicyclic) bond motifs is 7. The summed E-state index contributed by atoms with van der Waals surface area (Å²) in [5.41, 5.74) is 1.35. The Morgan fingerprint density at radius 1 is 0.355 bits per heavy atom. The van der Waals surface area contributed by atoms with Gasteiger partial charge in [-0.05, 0) is 112 Å². The Morgan fingerprint density at radius 3 is 1.39 bits per heavy atom. The van der Waals surface area contributed by atoms with Crippen LogP contribution in [0.5, 0.6) is 0 Å². The van der Waals surface area contributed by atoms with Crippen molar-refractivity contribution in [3.63, 3.8) is 0 Å². The molecular formula is C31H18. The topological polar surface area (TPSA) is 0 Å². The van der Waals surface area contributed by atoms with Gasteiger partial charge in [0.1, 0.15) is 0 Å². The van der Waals surface area contributed by atoms with Crippen molar-refractivity contribution in [2.75, 3.05) is 0 Å². The molecule has 0 N–H and O–H groups in total. The van der Waals surface area contributed by atoms with Crippen molar-refractivity contribution in [3.8, 4) is 0 Å². The zero-order chi connectivity index (χ0) is 20.3. The molecule has 0 heterocycles. The van der Waals surface area contributed by atoms with E-state index in [-0.39, 0.29) is 0 Å². The van der Waals surface area contributed by atoms with Gasteiger partial charge in [-0.25, -0.2) is 0 Å². The van der Waals surface area contributed by atoms with Gasteiger partial charge in [0.25, 0.3) is 0 Å². The summed E-state index contributed by atoms with van der Waals surface area (Å²) >= 11 is 0. The lowest BCUT2D eigenvalue weighted by molar-refractivity contribution is 1.55. The number of aryl methyl sites for hydroxylation is 1. The Balaban J connectivity index is 1.61. The van der Waals surface area contributed by atoms with Crippen LogP contribution >= 0.6 is 0 Å². The smallest absolute Gasteiger partial charge is 0.00237 e. The summed E-state index contributed by atoms with van der Waals surface area (Å²) in [4.78, 5) is 0. The molecule has 0 fully saturated rings. The molecule has 0 aliphatic heterocycles. The standard InChI is InChI=1S/C31H18/c1-17-11-12-25-29-16-20-14-27-23-9-3-6-18-5-2-8-22(30(18)23)26(27)13-19(20)15-28(29)24-10-4-7-21(17)31(24)25/h2-16H,1H3. The molecule has 31 heavy (non-hydrogen) atoms.